The van der Waals surface area contributed by atoms with Crippen LogP contribution in [0.3, 0.4) is 0 Å². The number of ether oxygens (including phenoxy) is 1. The lowest BCUT2D eigenvalue weighted by atomic mass is 10.2. The molecule has 2 rings (SSSR count). The second-order valence-corrected chi connectivity index (χ2v) is 8.09. The molecule has 2 aromatic rings. The molecule has 1 aromatic carbocycles. The van der Waals surface area contributed by atoms with Crippen LogP contribution in [0.15, 0.2) is 54.6 Å². The predicted octanol–water partition coefficient (Wildman–Crippen LogP) is 5.73. The van der Waals surface area contributed by atoms with Gasteiger partial charge in [-0.15, -0.1) is 0 Å². The van der Waals surface area contributed by atoms with E-state index < -0.39 is 18.1 Å². The van der Waals surface area contributed by atoms with Crippen molar-refractivity contribution in [3.63, 3.8) is 0 Å². The Labute approximate surface area is 186 Å². The van der Waals surface area contributed by atoms with Crippen LogP contribution in [0.5, 0.6) is 5.75 Å². The first-order valence-corrected chi connectivity index (χ1v) is 10.3. The standard InChI is InChI=1S/C10H8OS3.2C4H6O2.CH2O3/c1-11-8-4-2-7(3-5-8)9-6-10(12)14-13-9;2*1-3(2)4(5)6;2-1(3)4/h2-6H,1H3;2*1H2,2H3,(H,5,6);(H2,2,3,4). The van der Waals surface area contributed by atoms with Crippen LogP contribution in [0.25, 0.3) is 10.4 Å². The third kappa shape index (κ3) is 16.0. The Kier molecular flexibility index (Phi) is 15.4. The molecule has 0 bridgehead atoms. The SMILES string of the molecule is C=C(C)C(=O)O.C=C(C)C(=O)O.COc1ccc(-c2cc(=S)ss2)cc1.O=C(O)O. The molecule has 0 saturated heterocycles. The molecule has 0 fully saturated rings. The Morgan fingerprint density at radius 1 is 0.900 bits per heavy atom. The summed E-state index contributed by atoms with van der Waals surface area (Å²) in [6.07, 6.45) is -1.83. The van der Waals surface area contributed by atoms with Crippen LogP contribution in [-0.4, -0.2) is 45.6 Å². The molecule has 0 aliphatic heterocycles. The van der Waals surface area contributed by atoms with Crippen LogP contribution in [0, 0.1) is 3.82 Å². The molecule has 1 aromatic heterocycles. The zero-order valence-corrected chi connectivity index (χ0v) is 18.9. The molecule has 0 amide bonds. The van der Waals surface area contributed by atoms with Gasteiger partial charge in [-0.3, -0.25) is 0 Å². The largest absolute Gasteiger partial charge is 0.503 e. The van der Waals surface area contributed by atoms with E-state index in [0.717, 1.165) is 9.57 Å². The van der Waals surface area contributed by atoms with E-state index in [1.165, 1.54) is 24.3 Å². The topological polar surface area (TPSA) is 141 Å². The average Bonchev–Trinajstić information content (AvgIpc) is 3.08. The van der Waals surface area contributed by atoms with E-state index in [9.17, 15) is 9.59 Å². The highest BCUT2D eigenvalue weighted by molar-refractivity contribution is 7.80. The smallest absolute Gasteiger partial charge is 0.497 e. The lowest BCUT2D eigenvalue weighted by molar-refractivity contribution is -0.133. The molecule has 0 radical (unpaired) electrons. The summed E-state index contributed by atoms with van der Waals surface area (Å²) >= 11 is 5.09. The Morgan fingerprint density at radius 2 is 1.27 bits per heavy atom. The van der Waals surface area contributed by atoms with Gasteiger partial charge in [-0.1, -0.05) is 46.1 Å². The fraction of sp³-hybridized carbons (Fsp3) is 0.158. The summed E-state index contributed by atoms with van der Waals surface area (Å²) in [6.45, 7) is 9.20. The first kappa shape index (κ1) is 29.2. The number of carboxylic acids is 2. The summed E-state index contributed by atoms with van der Waals surface area (Å²) in [5.41, 5.74) is 1.55. The molecule has 1 heterocycles. The summed E-state index contributed by atoms with van der Waals surface area (Å²) in [4.78, 5) is 29.0. The molecule has 8 nitrogen and oxygen atoms in total. The fourth-order valence-electron chi connectivity index (χ4n) is 1.13. The van der Waals surface area contributed by atoms with Crippen molar-refractivity contribution in [1.82, 2.24) is 0 Å². The van der Waals surface area contributed by atoms with E-state index in [0.29, 0.717) is 0 Å². The maximum atomic E-state index is 9.60. The summed E-state index contributed by atoms with van der Waals surface area (Å²) in [7, 11) is 5.02. The van der Waals surface area contributed by atoms with Gasteiger partial charge < -0.3 is 25.2 Å². The van der Waals surface area contributed by atoms with Crippen LogP contribution in [-0.2, 0) is 9.59 Å². The number of hydrogen-bond donors (Lipinski definition) is 4. The highest BCUT2D eigenvalue weighted by Gasteiger charge is 2.00. The number of carboxylic acid groups (broad SMARTS) is 4. The predicted molar refractivity (Wildman–Crippen MR) is 121 cm³/mol. The highest BCUT2D eigenvalue weighted by atomic mass is 32.9. The molecule has 0 aliphatic carbocycles. The van der Waals surface area contributed by atoms with E-state index in [4.69, 9.17) is 42.2 Å². The normalized spacial score (nSPS) is 8.50. The van der Waals surface area contributed by atoms with Gasteiger partial charge in [-0.2, -0.15) is 0 Å². The Morgan fingerprint density at radius 3 is 1.50 bits per heavy atom. The van der Waals surface area contributed by atoms with Crippen LogP contribution < -0.4 is 4.74 Å². The van der Waals surface area contributed by atoms with E-state index in [1.54, 1.807) is 27.8 Å². The molecule has 0 atom stereocenters. The number of hydrogen-bond acceptors (Lipinski definition) is 7. The summed E-state index contributed by atoms with van der Waals surface area (Å²) in [6, 6.07) is 10.1. The summed E-state index contributed by atoms with van der Waals surface area (Å²) < 4.78 is 6.04. The third-order valence-electron chi connectivity index (χ3n) is 2.57. The van der Waals surface area contributed by atoms with Crippen molar-refractivity contribution < 1.29 is 39.5 Å². The van der Waals surface area contributed by atoms with Gasteiger partial charge in [0.25, 0.3) is 0 Å². The van der Waals surface area contributed by atoms with Gasteiger partial charge in [0.15, 0.2) is 0 Å². The van der Waals surface area contributed by atoms with Crippen molar-refractivity contribution >= 4 is 51.0 Å². The molecule has 4 N–H and O–H groups in total. The molecule has 0 spiro atoms. The quantitative estimate of drug-likeness (QED) is 0.248. The molecule has 164 valence electrons. The minimum atomic E-state index is -1.83. The molecule has 0 aliphatic rings. The molecular formula is C19H22O8S3. The molecule has 30 heavy (non-hydrogen) atoms. The number of aliphatic carboxylic acids is 2. The molecule has 0 saturated carbocycles. The molecule has 0 unspecified atom stereocenters. The third-order valence-corrected chi connectivity index (χ3v) is 5.48. The Balaban J connectivity index is 0. The minimum Gasteiger partial charge on any atom is -0.497 e. The number of rotatable bonds is 4. The monoisotopic (exact) mass is 474 g/mol. The lowest BCUT2D eigenvalue weighted by Gasteiger charge is -2.00. The Hall–Kier alpha value is -3.02. The molecular weight excluding hydrogens is 452 g/mol. The van der Waals surface area contributed by atoms with Gasteiger partial charge in [0, 0.05) is 16.0 Å². The first-order chi connectivity index (χ1) is 13.8. The highest BCUT2D eigenvalue weighted by Crippen LogP contribution is 2.30. The van der Waals surface area contributed by atoms with Gasteiger partial charge in [0.1, 0.15) is 9.57 Å². The summed E-state index contributed by atoms with van der Waals surface area (Å²) in [5, 5.41) is 29.7. The van der Waals surface area contributed by atoms with Crippen LogP contribution in [0.1, 0.15) is 13.8 Å². The van der Waals surface area contributed by atoms with Gasteiger partial charge in [0.2, 0.25) is 0 Å². The van der Waals surface area contributed by atoms with Crippen LogP contribution in [0.2, 0.25) is 0 Å². The zero-order valence-electron chi connectivity index (χ0n) is 16.4. The van der Waals surface area contributed by atoms with Crippen molar-refractivity contribution in [2.75, 3.05) is 7.11 Å². The van der Waals surface area contributed by atoms with Crippen LogP contribution >= 0.6 is 32.9 Å². The fourth-order valence-corrected chi connectivity index (χ4v) is 3.53. The van der Waals surface area contributed by atoms with Crippen molar-refractivity contribution in [3.8, 4) is 16.2 Å². The average molecular weight is 475 g/mol. The summed E-state index contributed by atoms with van der Waals surface area (Å²) in [5.74, 6) is -0.988. The van der Waals surface area contributed by atoms with E-state index in [1.807, 2.05) is 30.3 Å². The van der Waals surface area contributed by atoms with Gasteiger partial charge >= 0.3 is 18.1 Å². The molecule has 11 heteroatoms. The van der Waals surface area contributed by atoms with Gasteiger partial charge in [0.05, 0.1) is 7.11 Å². The second-order valence-electron chi connectivity index (χ2n) is 5.18. The van der Waals surface area contributed by atoms with Crippen molar-refractivity contribution in [1.29, 1.82) is 0 Å². The lowest BCUT2D eigenvalue weighted by Crippen LogP contribution is -1.92. The second kappa shape index (κ2) is 15.9. The van der Waals surface area contributed by atoms with Crippen molar-refractivity contribution in [2.45, 2.75) is 13.8 Å². The zero-order chi connectivity index (χ0) is 23.9. The maximum Gasteiger partial charge on any atom is 0.503 e. The Bertz CT molecular complexity index is 858. The van der Waals surface area contributed by atoms with E-state index in [-0.39, 0.29) is 11.1 Å². The van der Waals surface area contributed by atoms with Gasteiger partial charge in [-0.25, -0.2) is 14.4 Å². The first-order valence-electron chi connectivity index (χ1n) is 7.75. The van der Waals surface area contributed by atoms with Gasteiger partial charge in [-0.05, 0) is 49.7 Å². The van der Waals surface area contributed by atoms with E-state index >= 15 is 0 Å². The number of carbonyl (C=O) groups is 3. The number of methoxy groups -OCH3 is 1. The number of benzene rings is 1. The minimum absolute atomic E-state index is 0.176. The maximum absolute atomic E-state index is 9.60. The van der Waals surface area contributed by atoms with E-state index in [2.05, 4.69) is 13.2 Å². The van der Waals surface area contributed by atoms with Crippen molar-refractivity contribution in [3.05, 3.63) is 58.5 Å². The van der Waals surface area contributed by atoms with Crippen molar-refractivity contribution in [2.24, 2.45) is 0 Å². The van der Waals surface area contributed by atoms with Crippen LogP contribution in [0.4, 0.5) is 4.79 Å².